The van der Waals surface area contributed by atoms with Crippen molar-refractivity contribution in [2.75, 3.05) is 37.8 Å². The van der Waals surface area contributed by atoms with Crippen LogP contribution < -0.4 is 11.1 Å². The molecule has 0 atom stereocenters. The summed E-state index contributed by atoms with van der Waals surface area (Å²) in [6.45, 7) is 4.14. The molecule has 110 valence electrons. The van der Waals surface area contributed by atoms with E-state index in [0.717, 1.165) is 37.2 Å². The van der Waals surface area contributed by atoms with Gasteiger partial charge in [0.15, 0.2) is 0 Å². The molecular formula is C15H23N3O2. The van der Waals surface area contributed by atoms with Crippen LogP contribution in [0.3, 0.4) is 0 Å². The van der Waals surface area contributed by atoms with E-state index in [1.54, 1.807) is 7.11 Å². The lowest BCUT2D eigenvalue weighted by atomic mass is 10.1. The molecule has 2 rings (SSSR count). The van der Waals surface area contributed by atoms with Crippen molar-refractivity contribution < 1.29 is 9.53 Å². The molecule has 1 fully saturated rings. The third-order valence-electron chi connectivity index (χ3n) is 3.88. The van der Waals surface area contributed by atoms with Gasteiger partial charge >= 0.3 is 0 Å². The van der Waals surface area contributed by atoms with Gasteiger partial charge < -0.3 is 15.8 Å². The Morgan fingerprint density at radius 2 is 2.15 bits per heavy atom. The summed E-state index contributed by atoms with van der Waals surface area (Å²) in [6, 6.07) is 5.56. The molecule has 20 heavy (non-hydrogen) atoms. The Morgan fingerprint density at radius 1 is 1.45 bits per heavy atom. The topological polar surface area (TPSA) is 67.6 Å². The first kappa shape index (κ1) is 14.8. The number of nitrogens with one attached hydrogen (secondary N) is 1. The Kier molecular flexibility index (Phi) is 4.98. The van der Waals surface area contributed by atoms with Gasteiger partial charge in [-0.05, 0) is 37.5 Å². The summed E-state index contributed by atoms with van der Waals surface area (Å²) in [6.07, 6.45) is 2.31. The van der Waals surface area contributed by atoms with Crippen LogP contribution in [0.15, 0.2) is 18.2 Å². The number of ether oxygens (including phenoxy) is 1. The van der Waals surface area contributed by atoms with E-state index in [9.17, 15) is 4.79 Å². The van der Waals surface area contributed by atoms with E-state index >= 15 is 0 Å². The maximum atomic E-state index is 12.1. The lowest BCUT2D eigenvalue weighted by molar-refractivity contribution is -0.117. The lowest BCUT2D eigenvalue weighted by Gasteiger charge is -2.30. The van der Waals surface area contributed by atoms with E-state index in [1.807, 2.05) is 25.1 Å². The van der Waals surface area contributed by atoms with Gasteiger partial charge in [-0.25, -0.2) is 0 Å². The van der Waals surface area contributed by atoms with E-state index < -0.39 is 0 Å². The number of likely N-dealkylation sites (tertiary alicyclic amines) is 1. The minimum absolute atomic E-state index is 0.00886. The normalized spacial score (nSPS) is 17.1. The second-order valence-electron chi connectivity index (χ2n) is 5.28. The maximum absolute atomic E-state index is 12.1. The number of anilines is 2. The van der Waals surface area contributed by atoms with Gasteiger partial charge in [0.1, 0.15) is 0 Å². The van der Waals surface area contributed by atoms with Crippen LogP contribution in [-0.2, 0) is 9.53 Å². The first-order valence-electron chi connectivity index (χ1n) is 7.00. The first-order valence-corrected chi connectivity index (χ1v) is 7.00. The molecule has 0 aliphatic carbocycles. The zero-order valence-electron chi connectivity index (χ0n) is 12.2. The molecule has 0 radical (unpaired) electrons. The summed E-state index contributed by atoms with van der Waals surface area (Å²) >= 11 is 0. The Labute approximate surface area is 120 Å². The van der Waals surface area contributed by atoms with Gasteiger partial charge in [0, 0.05) is 31.6 Å². The number of nitrogens with zero attached hydrogens (tertiary/aromatic N) is 1. The van der Waals surface area contributed by atoms with Gasteiger partial charge in [-0.3, -0.25) is 9.69 Å². The predicted octanol–water partition coefficient (Wildman–Crippen LogP) is 1.63. The number of benzene rings is 1. The van der Waals surface area contributed by atoms with E-state index in [-0.39, 0.29) is 5.91 Å². The number of carbonyl (C=O) groups excluding carboxylic acids is 1. The largest absolute Gasteiger partial charge is 0.398 e. The summed E-state index contributed by atoms with van der Waals surface area (Å²) in [5.74, 6) is 0.00886. The molecule has 0 spiro atoms. The number of hydrogen-bond donors (Lipinski definition) is 2. The quantitative estimate of drug-likeness (QED) is 0.821. The molecule has 3 N–H and O–H groups in total. The molecule has 0 saturated carbocycles. The van der Waals surface area contributed by atoms with Crippen LogP contribution in [-0.4, -0.2) is 43.7 Å². The van der Waals surface area contributed by atoms with Gasteiger partial charge in [0.25, 0.3) is 0 Å². The summed E-state index contributed by atoms with van der Waals surface area (Å²) in [7, 11) is 1.75. The van der Waals surface area contributed by atoms with Crippen LogP contribution in [0.1, 0.15) is 18.4 Å². The third-order valence-corrected chi connectivity index (χ3v) is 3.88. The van der Waals surface area contributed by atoms with E-state index in [1.165, 1.54) is 0 Å². The Balaban J connectivity index is 1.85. The molecule has 0 unspecified atom stereocenters. The number of rotatable bonds is 4. The van der Waals surface area contributed by atoms with Crippen molar-refractivity contribution in [2.45, 2.75) is 25.9 Å². The number of methoxy groups -OCH3 is 1. The molecular weight excluding hydrogens is 254 g/mol. The van der Waals surface area contributed by atoms with Crippen LogP contribution >= 0.6 is 0 Å². The smallest absolute Gasteiger partial charge is 0.238 e. The van der Waals surface area contributed by atoms with Crippen molar-refractivity contribution in [1.82, 2.24) is 4.90 Å². The van der Waals surface area contributed by atoms with Crippen molar-refractivity contribution in [1.29, 1.82) is 0 Å². The van der Waals surface area contributed by atoms with Crippen LogP contribution in [0.4, 0.5) is 11.4 Å². The molecule has 1 amide bonds. The highest BCUT2D eigenvalue weighted by atomic mass is 16.5. The monoisotopic (exact) mass is 277 g/mol. The number of hydrogen-bond acceptors (Lipinski definition) is 4. The summed E-state index contributed by atoms with van der Waals surface area (Å²) in [4.78, 5) is 14.2. The molecule has 5 heteroatoms. The van der Waals surface area contributed by atoms with Crippen LogP contribution in [0.2, 0.25) is 0 Å². The maximum Gasteiger partial charge on any atom is 0.238 e. The minimum atomic E-state index is 0.00886. The van der Waals surface area contributed by atoms with Crippen LogP contribution in [0, 0.1) is 6.92 Å². The highest BCUT2D eigenvalue weighted by Crippen LogP contribution is 2.20. The second-order valence-corrected chi connectivity index (χ2v) is 5.28. The number of nitrogens with two attached hydrogens (primary N) is 1. The fourth-order valence-corrected chi connectivity index (χ4v) is 2.48. The van der Waals surface area contributed by atoms with Gasteiger partial charge in [-0.15, -0.1) is 0 Å². The molecule has 1 aliphatic heterocycles. The number of nitrogen functional groups attached to an aromatic ring is 1. The van der Waals surface area contributed by atoms with Crippen molar-refractivity contribution in [3.63, 3.8) is 0 Å². The minimum Gasteiger partial charge on any atom is -0.398 e. The highest BCUT2D eigenvalue weighted by Gasteiger charge is 2.20. The zero-order chi connectivity index (χ0) is 14.5. The molecule has 1 aromatic rings. The number of piperidine rings is 1. The van der Waals surface area contributed by atoms with Crippen molar-refractivity contribution in [3.8, 4) is 0 Å². The average molecular weight is 277 g/mol. The predicted molar refractivity (Wildman–Crippen MR) is 80.7 cm³/mol. The lowest BCUT2D eigenvalue weighted by Crippen LogP contribution is -2.41. The Bertz CT molecular complexity index is 468. The molecule has 1 heterocycles. The van der Waals surface area contributed by atoms with Gasteiger partial charge in [0.05, 0.1) is 12.6 Å². The second kappa shape index (κ2) is 6.72. The molecule has 1 aliphatic rings. The Morgan fingerprint density at radius 3 is 2.80 bits per heavy atom. The van der Waals surface area contributed by atoms with E-state index in [4.69, 9.17) is 10.5 Å². The van der Waals surface area contributed by atoms with E-state index in [2.05, 4.69) is 10.2 Å². The molecule has 5 nitrogen and oxygen atoms in total. The summed E-state index contributed by atoms with van der Waals surface area (Å²) in [5, 5.41) is 2.93. The SMILES string of the molecule is COC1CCN(CC(=O)Nc2cccc(N)c2C)CC1. The molecule has 0 aromatic heterocycles. The van der Waals surface area contributed by atoms with Crippen molar-refractivity contribution in [3.05, 3.63) is 23.8 Å². The fraction of sp³-hybridized carbons (Fsp3) is 0.533. The Hall–Kier alpha value is -1.59. The van der Waals surface area contributed by atoms with Crippen molar-refractivity contribution >= 4 is 17.3 Å². The number of amides is 1. The fourth-order valence-electron chi connectivity index (χ4n) is 2.48. The standard InChI is InChI=1S/C15H23N3O2/c1-11-13(16)4-3-5-14(11)17-15(19)10-18-8-6-12(20-2)7-9-18/h3-5,12H,6-10,16H2,1-2H3,(H,17,19). The molecule has 1 saturated heterocycles. The van der Waals surface area contributed by atoms with Crippen LogP contribution in [0.25, 0.3) is 0 Å². The third kappa shape index (κ3) is 3.71. The summed E-state index contributed by atoms with van der Waals surface area (Å²) < 4.78 is 5.33. The summed E-state index contributed by atoms with van der Waals surface area (Å²) in [5.41, 5.74) is 8.24. The highest BCUT2D eigenvalue weighted by molar-refractivity contribution is 5.93. The van der Waals surface area contributed by atoms with E-state index in [0.29, 0.717) is 18.3 Å². The number of carbonyl (C=O) groups is 1. The molecule has 1 aromatic carbocycles. The van der Waals surface area contributed by atoms with Gasteiger partial charge in [-0.2, -0.15) is 0 Å². The molecule has 0 bridgehead atoms. The first-order chi connectivity index (χ1) is 9.60. The van der Waals surface area contributed by atoms with Crippen molar-refractivity contribution in [2.24, 2.45) is 0 Å². The van der Waals surface area contributed by atoms with Gasteiger partial charge in [0.2, 0.25) is 5.91 Å². The zero-order valence-corrected chi connectivity index (χ0v) is 12.2. The van der Waals surface area contributed by atoms with Crippen LogP contribution in [0.5, 0.6) is 0 Å². The average Bonchev–Trinajstić information content (AvgIpc) is 2.45. The van der Waals surface area contributed by atoms with Gasteiger partial charge in [-0.1, -0.05) is 6.07 Å².